The first-order chi connectivity index (χ1) is 16.4. The lowest BCUT2D eigenvalue weighted by Gasteiger charge is -2.45. The molecule has 1 fully saturated rings. The van der Waals surface area contributed by atoms with E-state index in [0.29, 0.717) is 17.2 Å². The molecule has 2 aromatic heterocycles. The third kappa shape index (κ3) is 5.16. The van der Waals surface area contributed by atoms with Gasteiger partial charge in [-0.15, -0.1) is 0 Å². The van der Waals surface area contributed by atoms with Crippen LogP contribution in [0.3, 0.4) is 0 Å². The Bertz CT molecular complexity index is 1250. The number of halogens is 1. The Morgan fingerprint density at radius 1 is 1.06 bits per heavy atom. The molecule has 3 heterocycles. The van der Waals surface area contributed by atoms with E-state index in [1.165, 1.54) is 17.2 Å². The van der Waals surface area contributed by atoms with Gasteiger partial charge in [0.25, 0.3) is 0 Å². The molecule has 35 heavy (non-hydrogen) atoms. The van der Waals surface area contributed by atoms with E-state index in [9.17, 15) is 14.0 Å². The number of carbonyl (C=O) groups is 2. The number of hydrogen-bond donors (Lipinski definition) is 1. The first kappa shape index (κ1) is 24.3. The summed E-state index contributed by atoms with van der Waals surface area (Å²) in [6.07, 6.45) is 4.23. The minimum absolute atomic E-state index is 0.0110. The van der Waals surface area contributed by atoms with E-state index in [-0.39, 0.29) is 30.3 Å². The number of pyridine rings is 2. The van der Waals surface area contributed by atoms with Gasteiger partial charge < -0.3 is 10.2 Å². The monoisotopic (exact) mass is 475 g/mol. The van der Waals surface area contributed by atoms with Gasteiger partial charge in [-0.05, 0) is 54.7 Å². The summed E-state index contributed by atoms with van der Waals surface area (Å²) in [5.74, 6) is -0.0192. The molecule has 8 heteroatoms. The van der Waals surface area contributed by atoms with E-state index in [1.807, 2.05) is 24.3 Å². The molecule has 0 spiro atoms. The van der Waals surface area contributed by atoms with E-state index in [2.05, 4.69) is 36.1 Å². The third-order valence-electron chi connectivity index (χ3n) is 6.31. The maximum atomic E-state index is 13.6. The zero-order chi connectivity index (χ0) is 25.4. The summed E-state index contributed by atoms with van der Waals surface area (Å²) < 4.78 is 13.5. The van der Waals surface area contributed by atoms with Gasteiger partial charge in [-0.25, -0.2) is 14.2 Å². The quantitative estimate of drug-likeness (QED) is 0.531. The normalized spacial score (nSPS) is 15.9. The second-order valence-electron chi connectivity index (χ2n) is 10.3. The number of nitrogens with one attached hydrogen (secondary N) is 1. The Morgan fingerprint density at radius 3 is 2.43 bits per heavy atom. The van der Waals surface area contributed by atoms with Crippen molar-refractivity contribution in [3.63, 3.8) is 0 Å². The van der Waals surface area contributed by atoms with Crippen LogP contribution >= 0.6 is 0 Å². The Labute approximate surface area is 205 Å². The molecular formula is C27H30FN5O2. The van der Waals surface area contributed by atoms with E-state index >= 15 is 0 Å². The number of urea groups is 1. The molecule has 1 saturated heterocycles. The van der Waals surface area contributed by atoms with Crippen molar-refractivity contribution in [2.24, 2.45) is 0 Å². The average Bonchev–Trinajstić information content (AvgIpc) is 2.79. The Kier molecular flexibility index (Phi) is 6.32. The lowest BCUT2D eigenvalue weighted by atomic mass is 9.87. The van der Waals surface area contributed by atoms with Crippen LogP contribution in [0, 0.1) is 5.82 Å². The maximum Gasteiger partial charge on any atom is 0.326 e. The number of nitrogens with zero attached hydrogens (tertiary/aromatic N) is 4. The van der Waals surface area contributed by atoms with Crippen LogP contribution < -0.4 is 10.2 Å². The van der Waals surface area contributed by atoms with E-state index in [1.54, 1.807) is 37.1 Å². The van der Waals surface area contributed by atoms with Gasteiger partial charge >= 0.3 is 6.03 Å². The van der Waals surface area contributed by atoms with Crippen molar-refractivity contribution in [2.45, 2.75) is 52.1 Å². The second kappa shape index (κ2) is 9.09. The first-order valence-corrected chi connectivity index (χ1v) is 11.5. The molecule has 3 aromatic rings. The number of hydrogen-bond acceptors (Lipinski definition) is 5. The molecule has 1 aliphatic heterocycles. The molecule has 0 aliphatic carbocycles. The smallest absolute Gasteiger partial charge is 0.326 e. The molecule has 182 valence electrons. The van der Waals surface area contributed by atoms with Gasteiger partial charge in [0.2, 0.25) is 0 Å². The molecule has 2 amide bonds. The summed E-state index contributed by atoms with van der Waals surface area (Å²) in [6, 6.07) is 12.4. The highest BCUT2D eigenvalue weighted by Crippen LogP contribution is 2.31. The van der Waals surface area contributed by atoms with Crippen LogP contribution in [-0.4, -0.2) is 38.8 Å². The van der Waals surface area contributed by atoms with Gasteiger partial charge in [0.05, 0.1) is 30.2 Å². The minimum atomic E-state index is -0.970. The van der Waals surface area contributed by atoms with Crippen LogP contribution in [0.4, 0.5) is 26.4 Å². The fourth-order valence-electron chi connectivity index (χ4n) is 4.00. The largest absolute Gasteiger partial charge is 0.339 e. The Morgan fingerprint density at radius 2 is 1.77 bits per heavy atom. The lowest BCUT2D eigenvalue weighted by Crippen LogP contribution is -2.64. The zero-order valence-electron chi connectivity index (χ0n) is 20.7. The van der Waals surface area contributed by atoms with Crippen LogP contribution in [0.2, 0.25) is 0 Å². The van der Waals surface area contributed by atoms with Gasteiger partial charge in [0.15, 0.2) is 5.78 Å². The standard InChI is InChI=1S/C27H30FN5O2/c1-26(2,3)19-6-8-22(9-7-19)32-17-23(34)27(4,5)33(25(32)35)16-18-10-11-30-24(12-18)31-21-13-20(28)14-29-15-21/h6-15H,16-17H2,1-5H3,(H,30,31). The molecule has 0 bridgehead atoms. The fourth-order valence-corrected chi connectivity index (χ4v) is 4.00. The highest BCUT2D eigenvalue weighted by Gasteiger charge is 2.45. The molecular weight excluding hydrogens is 445 g/mol. The van der Waals surface area contributed by atoms with Gasteiger partial charge in [0, 0.05) is 24.5 Å². The number of anilines is 3. The molecule has 0 atom stereocenters. The predicted molar refractivity (Wildman–Crippen MR) is 134 cm³/mol. The van der Waals surface area contributed by atoms with Crippen LogP contribution in [0.1, 0.15) is 45.7 Å². The second-order valence-corrected chi connectivity index (χ2v) is 10.3. The van der Waals surface area contributed by atoms with Crippen molar-refractivity contribution >= 4 is 29.0 Å². The molecule has 0 radical (unpaired) electrons. The summed E-state index contributed by atoms with van der Waals surface area (Å²) in [4.78, 5) is 37.9. The maximum absolute atomic E-state index is 13.6. The van der Waals surface area contributed by atoms with Gasteiger partial charge in [-0.2, -0.15) is 0 Å². The number of aromatic nitrogens is 2. The van der Waals surface area contributed by atoms with Crippen molar-refractivity contribution < 1.29 is 14.0 Å². The SMILES string of the molecule is CC(C)(C)c1ccc(N2CC(=O)C(C)(C)N(Cc3ccnc(Nc4cncc(F)c4)c3)C2=O)cc1. The Hall–Kier alpha value is -3.81. The zero-order valence-corrected chi connectivity index (χ0v) is 20.7. The summed E-state index contributed by atoms with van der Waals surface area (Å²) in [5.41, 5.74) is 2.10. The fraction of sp³-hybridized carbons (Fsp3) is 0.333. The van der Waals surface area contributed by atoms with Crippen molar-refractivity contribution in [1.82, 2.24) is 14.9 Å². The number of carbonyl (C=O) groups excluding carboxylic acids is 2. The number of benzene rings is 1. The molecule has 0 unspecified atom stereocenters. The van der Waals surface area contributed by atoms with Gasteiger partial charge in [-0.3, -0.25) is 14.7 Å². The number of ketones is 1. The van der Waals surface area contributed by atoms with E-state index < -0.39 is 11.4 Å². The molecule has 4 rings (SSSR count). The number of rotatable bonds is 5. The first-order valence-electron chi connectivity index (χ1n) is 11.5. The van der Waals surface area contributed by atoms with Crippen molar-refractivity contribution in [2.75, 3.05) is 16.8 Å². The third-order valence-corrected chi connectivity index (χ3v) is 6.31. The van der Waals surface area contributed by atoms with Crippen molar-refractivity contribution in [1.29, 1.82) is 0 Å². The van der Waals surface area contributed by atoms with Crippen molar-refractivity contribution in [3.8, 4) is 0 Å². The van der Waals surface area contributed by atoms with Gasteiger partial charge in [-0.1, -0.05) is 32.9 Å². The summed E-state index contributed by atoms with van der Waals surface area (Å²) >= 11 is 0. The number of Topliss-reactive ketones (excluding diaryl/α,β-unsaturated/α-hetero) is 1. The Balaban J connectivity index is 1.58. The summed E-state index contributed by atoms with van der Waals surface area (Å²) in [5, 5.41) is 3.02. The van der Waals surface area contributed by atoms with Crippen LogP contribution in [0.15, 0.2) is 61.1 Å². The van der Waals surface area contributed by atoms with Crippen LogP contribution in [0.25, 0.3) is 0 Å². The van der Waals surface area contributed by atoms with Gasteiger partial charge in [0.1, 0.15) is 11.6 Å². The van der Waals surface area contributed by atoms with Crippen molar-refractivity contribution in [3.05, 3.63) is 78.0 Å². The van der Waals surface area contributed by atoms with Crippen LogP contribution in [0.5, 0.6) is 0 Å². The van der Waals surface area contributed by atoms with E-state index in [4.69, 9.17) is 0 Å². The van der Waals surface area contributed by atoms with E-state index in [0.717, 1.165) is 17.3 Å². The molecule has 1 aromatic carbocycles. The lowest BCUT2D eigenvalue weighted by molar-refractivity contribution is -0.128. The molecule has 0 saturated carbocycles. The number of amides is 2. The molecule has 7 nitrogen and oxygen atoms in total. The molecule has 1 aliphatic rings. The minimum Gasteiger partial charge on any atom is -0.339 e. The highest BCUT2D eigenvalue weighted by atomic mass is 19.1. The summed E-state index contributed by atoms with van der Waals surface area (Å²) in [7, 11) is 0. The predicted octanol–water partition coefficient (Wildman–Crippen LogP) is 5.45. The average molecular weight is 476 g/mol. The summed E-state index contributed by atoms with van der Waals surface area (Å²) in [6.45, 7) is 10.2. The highest BCUT2D eigenvalue weighted by molar-refractivity contribution is 6.07. The van der Waals surface area contributed by atoms with Crippen LogP contribution in [-0.2, 0) is 16.8 Å². The topological polar surface area (TPSA) is 78.4 Å². The molecule has 1 N–H and O–H groups in total.